The number of hydrogen-bond acceptors (Lipinski definition) is 0. The van der Waals surface area contributed by atoms with Crippen LogP contribution in [0.2, 0.25) is 13.1 Å². The van der Waals surface area contributed by atoms with Crippen molar-refractivity contribution in [3.05, 3.63) is 131 Å². The van der Waals surface area contributed by atoms with E-state index < -0.39 is 20.8 Å². The van der Waals surface area contributed by atoms with Crippen molar-refractivity contribution in [1.29, 1.82) is 0 Å². The molecule has 2 aliphatic rings. The molecule has 0 unspecified atom stereocenters. The number of benzene rings is 4. The van der Waals surface area contributed by atoms with Crippen LogP contribution in [0.1, 0.15) is 129 Å². The van der Waals surface area contributed by atoms with Crippen molar-refractivity contribution in [3.8, 4) is 22.3 Å². The summed E-state index contributed by atoms with van der Waals surface area (Å²) in [4.78, 5) is 0. The second-order valence-corrected chi connectivity index (χ2v) is 24.7. The third-order valence-electron chi connectivity index (χ3n) is 12.6. The SMILES string of the molecule is CC1(Cc2cc3c(-c4ccc(C(C)(C)C)cc4)cccc3[cH-]2)CCCC1.CC1(Cc2cc3c(-c4ccc(C(C)(C)C)cc4)cccc3[cH-]2)CCCC1.C[Si]C.[Cl][Zr+2][Cl]. The van der Waals surface area contributed by atoms with Crippen LogP contribution in [0.3, 0.4) is 0 Å². The number of fused-ring (bicyclic) bond motifs is 2. The first-order valence-electron chi connectivity index (χ1n) is 21.6. The van der Waals surface area contributed by atoms with Gasteiger partial charge in [0, 0.05) is 9.52 Å². The molecule has 0 aliphatic heterocycles. The molecule has 0 amide bonds. The second-order valence-electron chi connectivity index (χ2n) is 20.0. The van der Waals surface area contributed by atoms with E-state index in [9.17, 15) is 0 Å². The maximum atomic E-state index is 4.93. The fourth-order valence-electron chi connectivity index (χ4n) is 9.40. The van der Waals surface area contributed by atoms with Crippen LogP contribution >= 0.6 is 17.0 Å². The third-order valence-corrected chi connectivity index (χ3v) is 12.6. The molecule has 4 heteroatoms. The van der Waals surface area contributed by atoms with Gasteiger partial charge in [-0.2, -0.15) is 12.1 Å². The van der Waals surface area contributed by atoms with Gasteiger partial charge < -0.3 is 0 Å². The topological polar surface area (TPSA) is 0 Å². The van der Waals surface area contributed by atoms with E-state index in [1.165, 1.54) is 130 Å². The molecule has 0 aromatic heterocycles. The predicted molar refractivity (Wildman–Crippen MR) is 257 cm³/mol. The molecule has 0 heterocycles. The van der Waals surface area contributed by atoms with Gasteiger partial charge in [0.15, 0.2) is 0 Å². The van der Waals surface area contributed by atoms with Gasteiger partial charge in [0.2, 0.25) is 0 Å². The van der Waals surface area contributed by atoms with Gasteiger partial charge >= 0.3 is 37.9 Å². The van der Waals surface area contributed by atoms with Gasteiger partial charge in [0.1, 0.15) is 0 Å². The fraction of sp³-hybridized carbons (Fsp3) is 0.444. The van der Waals surface area contributed by atoms with E-state index in [1.54, 1.807) is 0 Å². The molecule has 0 spiro atoms. The first-order valence-corrected chi connectivity index (χ1v) is 30.0. The van der Waals surface area contributed by atoms with E-state index in [1.807, 2.05) is 0 Å². The molecule has 0 bridgehead atoms. The summed E-state index contributed by atoms with van der Waals surface area (Å²) in [6, 6.07) is 41.6. The summed E-state index contributed by atoms with van der Waals surface area (Å²) in [5, 5.41) is 5.60. The summed E-state index contributed by atoms with van der Waals surface area (Å²) in [6.07, 6.45) is 13.6. The van der Waals surface area contributed by atoms with Crippen LogP contribution in [-0.2, 0) is 44.5 Å². The summed E-state index contributed by atoms with van der Waals surface area (Å²) >= 11 is -0.826. The minimum absolute atomic E-state index is 0.203. The summed E-state index contributed by atoms with van der Waals surface area (Å²) in [5.74, 6) is 0. The maximum absolute atomic E-state index is 4.93. The standard InChI is InChI=1S/2C26H31.C2H6Si.2ClH.Zr/c2*1-25(2,3)22-12-10-20(11-13-22)23-9-7-8-21-16-19(17-24(21)23)18-26(4)14-5-6-15-26;1-3-2;;;/h2*7-13,16-17H,5-6,14-15,18H2,1-4H3;1-2H3;2*1H;/q2*-1;;;;+4/p-2. The predicted octanol–water partition coefficient (Wildman–Crippen LogP) is 17.5. The van der Waals surface area contributed by atoms with Gasteiger partial charge in [-0.1, -0.05) is 166 Å². The number of halogens is 2. The van der Waals surface area contributed by atoms with Crippen LogP contribution in [0.25, 0.3) is 43.8 Å². The zero-order valence-corrected chi connectivity index (χ0v) is 42.2. The summed E-state index contributed by atoms with van der Waals surface area (Å²) in [5.41, 5.74) is 12.6. The van der Waals surface area contributed by atoms with E-state index in [-0.39, 0.29) is 10.8 Å². The van der Waals surface area contributed by atoms with E-state index in [0.717, 1.165) is 9.52 Å². The summed E-state index contributed by atoms with van der Waals surface area (Å²) in [6.45, 7) is 22.9. The Morgan fingerprint density at radius 2 is 0.862 bits per heavy atom. The Morgan fingerprint density at radius 3 is 1.16 bits per heavy atom. The molecule has 2 saturated carbocycles. The fourth-order valence-corrected chi connectivity index (χ4v) is 9.40. The van der Waals surface area contributed by atoms with Gasteiger partial charge in [-0.05, 0) is 82.4 Å². The normalized spacial score (nSPS) is 15.8. The van der Waals surface area contributed by atoms with Gasteiger partial charge in [0.25, 0.3) is 0 Å². The average molecular weight is 907 g/mol. The quantitative estimate of drug-likeness (QED) is 0.115. The van der Waals surface area contributed by atoms with Crippen molar-refractivity contribution < 1.29 is 20.8 Å². The van der Waals surface area contributed by atoms with Crippen molar-refractivity contribution in [2.45, 2.75) is 144 Å². The molecule has 0 nitrogen and oxygen atoms in total. The van der Waals surface area contributed by atoms with Crippen LogP contribution in [0.5, 0.6) is 0 Å². The van der Waals surface area contributed by atoms with Crippen molar-refractivity contribution in [2.24, 2.45) is 10.8 Å². The molecule has 0 atom stereocenters. The molecule has 2 aliphatic carbocycles. The van der Waals surface area contributed by atoms with Gasteiger partial charge in [0.05, 0.1) is 0 Å². The zero-order chi connectivity index (χ0) is 42.1. The Bertz CT molecular complexity index is 2000. The van der Waals surface area contributed by atoms with Crippen molar-refractivity contribution in [3.63, 3.8) is 0 Å². The molecule has 8 rings (SSSR count). The molecule has 6 aromatic carbocycles. The molecule has 58 heavy (non-hydrogen) atoms. The van der Waals surface area contributed by atoms with E-state index in [0.29, 0.717) is 10.8 Å². The van der Waals surface area contributed by atoms with Crippen LogP contribution in [0.4, 0.5) is 0 Å². The van der Waals surface area contributed by atoms with E-state index >= 15 is 0 Å². The first kappa shape index (κ1) is 46.8. The Balaban J connectivity index is 0.000000195. The van der Waals surface area contributed by atoms with E-state index in [4.69, 9.17) is 17.0 Å². The van der Waals surface area contributed by atoms with Gasteiger partial charge in [-0.3, -0.25) is 0 Å². The monoisotopic (exact) mass is 904 g/mol. The number of rotatable bonds is 6. The minimum atomic E-state index is -0.826. The first-order chi connectivity index (χ1) is 27.5. The Hall–Kier alpha value is -2.22. The Morgan fingerprint density at radius 1 is 0.552 bits per heavy atom. The average Bonchev–Trinajstić information content (AvgIpc) is 3.99. The molecule has 2 radical (unpaired) electrons. The zero-order valence-electron chi connectivity index (χ0n) is 37.2. The summed E-state index contributed by atoms with van der Waals surface area (Å²) < 4.78 is 0. The summed E-state index contributed by atoms with van der Waals surface area (Å²) in [7, 11) is 11.0. The molecular weight excluding hydrogens is 839 g/mol. The molecule has 2 fully saturated rings. The van der Waals surface area contributed by atoms with Crippen molar-refractivity contribution >= 4 is 48.1 Å². The third kappa shape index (κ3) is 12.4. The van der Waals surface area contributed by atoms with Crippen LogP contribution < -0.4 is 0 Å². The molecule has 306 valence electrons. The van der Waals surface area contributed by atoms with Crippen LogP contribution in [-0.4, -0.2) is 9.52 Å². The van der Waals surface area contributed by atoms with Crippen LogP contribution in [0.15, 0.2) is 109 Å². The Labute approximate surface area is 374 Å². The van der Waals surface area contributed by atoms with Gasteiger partial charge in [-0.25, -0.2) is 0 Å². The number of hydrogen-bond donors (Lipinski definition) is 0. The van der Waals surface area contributed by atoms with Crippen molar-refractivity contribution in [1.82, 2.24) is 0 Å². The molecule has 0 N–H and O–H groups in total. The molecule has 6 aromatic rings. The second kappa shape index (κ2) is 20.6. The van der Waals surface area contributed by atoms with Crippen LogP contribution in [0, 0.1) is 10.8 Å². The Kier molecular flexibility index (Phi) is 16.6. The van der Waals surface area contributed by atoms with Gasteiger partial charge in [-0.15, -0.1) is 69.1 Å². The molecule has 0 saturated heterocycles. The van der Waals surface area contributed by atoms with E-state index in [2.05, 4.69) is 178 Å². The molecular formula is C54H68Cl2SiZr. The van der Waals surface area contributed by atoms with Crippen molar-refractivity contribution in [2.75, 3.05) is 0 Å².